The molecule has 1 aromatic heterocycles. The fraction of sp³-hybridized carbons (Fsp3) is 0.240. The van der Waals surface area contributed by atoms with Crippen molar-refractivity contribution >= 4 is 22.9 Å². The Labute approximate surface area is 181 Å². The van der Waals surface area contributed by atoms with Crippen molar-refractivity contribution < 1.29 is 14.6 Å². The van der Waals surface area contributed by atoms with Gasteiger partial charge < -0.3 is 14.7 Å². The summed E-state index contributed by atoms with van der Waals surface area (Å²) in [6.45, 7) is 2.39. The van der Waals surface area contributed by atoms with Crippen molar-refractivity contribution in [1.29, 1.82) is 0 Å². The minimum absolute atomic E-state index is 0.0116. The van der Waals surface area contributed by atoms with Gasteiger partial charge in [0, 0.05) is 29.1 Å². The maximum absolute atomic E-state index is 11.2. The summed E-state index contributed by atoms with van der Waals surface area (Å²) in [4.78, 5) is 14.7. The molecule has 0 amide bonds. The van der Waals surface area contributed by atoms with Crippen LogP contribution in [-0.2, 0) is 24.4 Å². The van der Waals surface area contributed by atoms with E-state index in [4.69, 9.17) is 4.74 Å². The Hall–Kier alpha value is -2.89. The van der Waals surface area contributed by atoms with Crippen LogP contribution in [0.2, 0.25) is 0 Å². The lowest BCUT2D eigenvalue weighted by Gasteiger charge is -2.16. The molecule has 0 bridgehead atoms. The lowest BCUT2D eigenvalue weighted by molar-refractivity contribution is -0.136. The zero-order chi connectivity index (χ0) is 20.9. The molecule has 30 heavy (non-hydrogen) atoms. The van der Waals surface area contributed by atoms with E-state index in [1.807, 2.05) is 24.3 Å². The molecule has 0 saturated heterocycles. The van der Waals surface area contributed by atoms with E-state index in [0.717, 1.165) is 42.0 Å². The van der Waals surface area contributed by atoms with E-state index >= 15 is 0 Å². The summed E-state index contributed by atoms with van der Waals surface area (Å²) in [7, 11) is 2.14. The van der Waals surface area contributed by atoms with Crippen LogP contribution < -0.4 is 4.74 Å². The zero-order valence-corrected chi connectivity index (χ0v) is 17.8. The van der Waals surface area contributed by atoms with Gasteiger partial charge >= 0.3 is 5.97 Å². The molecule has 3 aromatic rings. The number of benzene rings is 2. The number of ether oxygens (including phenoxy) is 1. The third-order valence-electron chi connectivity index (χ3n) is 5.22. The molecule has 4 rings (SSSR count). The molecule has 0 fully saturated rings. The molecule has 0 saturated carbocycles. The van der Waals surface area contributed by atoms with Crippen LogP contribution >= 0.6 is 11.3 Å². The van der Waals surface area contributed by atoms with Crippen molar-refractivity contribution in [2.75, 3.05) is 13.6 Å². The Kier molecular flexibility index (Phi) is 6.31. The van der Waals surface area contributed by atoms with Crippen LogP contribution in [0.15, 0.2) is 66.1 Å². The summed E-state index contributed by atoms with van der Waals surface area (Å²) in [6.07, 6.45) is 3.19. The maximum atomic E-state index is 11.2. The monoisotopic (exact) mass is 419 g/mol. The Balaban J connectivity index is 1.57. The fourth-order valence-corrected chi connectivity index (χ4v) is 4.73. The number of nitrogens with zero attached hydrogens (tertiary/aromatic N) is 1. The van der Waals surface area contributed by atoms with Gasteiger partial charge in [-0.15, -0.1) is 11.3 Å². The van der Waals surface area contributed by atoms with E-state index in [0.29, 0.717) is 6.61 Å². The normalized spacial score (nSPS) is 14.1. The SMILES string of the molecule is CN(CC/C=C1\c2cc(CC(=O)O)ccc2OCc2ccsc21)Cc1ccccc1. The highest BCUT2D eigenvalue weighted by Gasteiger charge is 2.21. The minimum atomic E-state index is -0.825. The predicted molar refractivity (Wildman–Crippen MR) is 121 cm³/mol. The topological polar surface area (TPSA) is 49.8 Å². The van der Waals surface area contributed by atoms with Gasteiger partial charge in [-0.25, -0.2) is 0 Å². The Morgan fingerprint density at radius 3 is 2.80 bits per heavy atom. The van der Waals surface area contributed by atoms with Gasteiger partial charge in [0.05, 0.1) is 6.42 Å². The van der Waals surface area contributed by atoms with Gasteiger partial charge in [-0.3, -0.25) is 4.79 Å². The highest BCUT2D eigenvalue weighted by atomic mass is 32.1. The number of thiophene rings is 1. The van der Waals surface area contributed by atoms with E-state index in [1.54, 1.807) is 11.3 Å². The molecule has 0 unspecified atom stereocenters. The van der Waals surface area contributed by atoms with E-state index in [1.165, 1.54) is 16.0 Å². The zero-order valence-electron chi connectivity index (χ0n) is 17.0. The second-order valence-corrected chi connectivity index (χ2v) is 8.51. The third kappa shape index (κ3) is 4.81. The molecule has 0 radical (unpaired) electrons. The molecule has 0 aliphatic carbocycles. The minimum Gasteiger partial charge on any atom is -0.488 e. The van der Waals surface area contributed by atoms with Gasteiger partial charge in [0.1, 0.15) is 12.4 Å². The average molecular weight is 420 g/mol. The first-order chi connectivity index (χ1) is 14.6. The van der Waals surface area contributed by atoms with Crippen LogP contribution in [0.3, 0.4) is 0 Å². The summed E-state index contributed by atoms with van der Waals surface area (Å²) in [6, 6.07) is 18.3. The molecule has 2 heterocycles. The maximum Gasteiger partial charge on any atom is 0.307 e. The van der Waals surface area contributed by atoms with Crippen molar-refractivity contribution in [2.45, 2.75) is 26.0 Å². The summed E-state index contributed by atoms with van der Waals surface area (Å²) < 4.78 is 6.04. The van der Waals surface area contributed by atoms with E-state index in [-0.39, 0.29) is 6.42 Å². The molecule has 5 heteroatoms. The van der Waals surface area contributed by atoms with Crippen LogP contribution in [-0.4, -0.2) is 29.6 Å². The number of carbonyl (C=O) groups is 1. The quantitative estimate of drug-likeness (QED) is 0.570. The van der Waals surface area contributed by atoms with Crippen molar-refractivity contribution in [3.8, 4) is 5.75 Å². The van der Waals surface area contributed by atoms with Crippen molar-refractivity contribution in [1.82, 2.24) is 4.90 Å². The molecule has 1 N–H and O–H groups in total. The molecule has 0 spiro atoms. The number of rotatable bonds is 7. The first-order valence-electron chi connectivity index (χ1n) is 10.1. The Bertz CT molecular complexity index is 1060. The van der Waals surface area contributed by atoms with Gasteiger partial charge in [0.15, 0.2) is 0 Å². The Morgan fingerprint density at radius 2 is 2.00 bits per heavy atom. The summed E-state index contributed by atoms with van der Waals surface area (Å²) in [5.74, 6) is -0.00852. The first kappa shape index (κ1) is 20.4. The van der Waals surface area contributed by atoms with Gasteiger partial charge in [-0.1, -0.05) is 42.5 Å². The smallest absolute Gasteiger partial charge is 0.307 e. The van der Waals surface area contributed by atoms with Crippen LogP contribution in [0, 0.1) is 0 Å². The van der Waals surface area contributed by atoms with Gasteiger partial charge in [-0.05, 0) is 53.7 Å². The third-order valence-corrected chi connectivity index (χ3v) is 6.21. The highest BCUT2D eigenvalue weighted by molar-refractivity contribution is 7.11. The second-order valence-electron chi connectivity index (χ2n) is 7.59. The second kappa shape index (κ2) is 9.28. The number of aliphatic carboxylic acids is 1. The van der Waals surface area contributed by atoms with Crippen molar-refractivity contribution in [2.24, 2.45) is 0 Å². The van der Waals surface area contributed by atoms with Gasteiger partial charge in [0.25, 0.3) is 0 Å². The summed E-state index contributed by atoms with van der Waals surface area (Å²) in [5, 5.41) is 11.3. The van der Waals surface area contributed by atoms with Crippen LogP contribution in [0.1, 0.15) is 33.6 Å². The lowest BCUT2D eigenvalue weighted by Crippen LogP contribution is -2.18. The van der Waals surface area contributed by atoms with Crippen molar-refractivity contribution in [3.05, 3.63) is 93.2 Å². The number of hydrogen-bond acceptors (Lipinski definition) is 4. The summed E-state index contributed by atoms with van der Waals surface area (Å²) >= 11 is 1.71. The largest absolute Gasteiger partial charge is 0.488 e. The van der Waals surface area contributed by atoms with Gasteiger partial charge in [0.2, 0.25) is 0 Å². The van der Waals surface area contributed by atoms with Gasteiger partial charge in [-0.2, -0.15) is 0 Å². The molecular formula is C25H25NO3S. The molecule has 1 aliphatic heterocycles. The molecule has 1 aliphatic rings. The van der Waals surface area contributed by atoms with Crippen LogP contribution in [0.25, 0.3) is 5.57 Å². The number of carboxylic acids is 1. The first-order valence-corrected chi connectivity index (χ1v) is 11.0. The predicted octanol–water partition coefficient (Wildman–Crippen LogP) is 5.22. The fourth-order valence-electron chi connectivity index (χ4n) is 3.77. The number of hydrogen-bond donors (Lipinski definition) is 1. The highest BCUT2D eigenvalue weighted by Crippen LogP contribution is 2.40. The van der Waals surface area contributed by atoms with E-state index < -0.39 is 5.97 Å². The standard InChI is InChI=1S/C25H25NO3S/c1-26(16-18-6-3-2-4-7-18)12-5-8-21-22-14-19(15-24(27)28)9-10-23(22)29-17-20-11-13-30-25(20)21/h2-4,6-11,13-14H,5,12,15-17H2,1H3,(H,27,28)/b21-8+. The molecule has 154 valence electrons. The number of fused-ring (bicyclic) bond motifs is 2. The molecular weight excluding hydrogens is 394 g/mol. The number of carboxylic acid groups (broad SMARTS) is 1. The van der Waals surface area contributed by atoms with Crippen LogP contribution in [0.4, 0.5) is 0 Å². The molecule has 2 aromatic carbocycles. The Morgan fingerprint density at radius 1 is 1.17 bits per heavy atom. The summed E-state index contributed by atoms with van der Waals surface area (Å²) in [5.41, 5.74) is 5.41. The van der Waals surface area contributed by atoms with E-state index in [9.17, 15) is 9.90 Å². The molecule has 4 nitrogen and oxygen atoms in total. The van der Waals surface area contributed by atoms with Crippen LogP contribution in [0.5, 0.6) is 5.75 Å². The van der Waals surface area contributed by atoms with Crippen molar-refractivity contribution in [3.63, 3.8) is 0 Å². The van der Waals surface area contributed by atoms with E-state index in [2.05, 4.69) is 53.7 Å². The average Bonchev–Trinajstić information content (AvgIpc) is 3.13. The molecule has 0 atom stereocenters. The lowest BCUT2D eigenvalue weighted by atomic mass is 9.97.